The van der Waals surface area contributed by atoms with E-state index in [1.165, 1.54) is 5.56 Å². The van der Waals surface area contributed by atoms with Crippen LogP contribution in [0.4, 0.5) is 0 Å². The highest BCUT2D eigenvalue weighted by molar-refractivity contribution is 14.0. The Morgan fingerprint density at radius 2 is 1.91 bits per heavy atom. The summed E-state index contributed by atoms with van der Waals surface area (Å²) in [6.07, 6.45) is 1.11. The summed E-state index contributed by atoms with van der Waals surface area (Å²) in [5.74, 6) is 1.91. The zero-order valence-corrected chi connectivity index (χ0v) is 21.5. The monoisotopic (exact) mass is 554 g/mol. The summed E-state index contributed by atoms with van der Waals surface area (Å²) in [6.45, 7) is 7.06. The van der Waals surface area contributed by atoms with Crippen molar-refractivity contribution in [2.45, 2.75) is 32.5 Å². The number of halogens is 1. The molecule has 1 atom stereocenters. The third-order valence-electron chi connectivity index (χ3n) is 5.32. The van der Waals surface area contributed by atoms with Gasteiger partial charge in [-0.3, -0.25) is 4.90 Å². The van der Waals surface area contributed by atoms with Gasteiger partial charge in [-0.05, 0) is 42.2 Å². The predicted molar refractivity (Wildman–Crippen MR) is 139 cm³/mol. The van der Waals surface area contributed by atoms with Crippen molar-refractivity contribution in [1.82, 2.24) is 10.2 Å². The molecule has 0 aliphatic carbocycles. The molecule has 0 radical (unpaired) electrons. The highest BCUT2D eigenvalue weighted by Crippen LogP contribution is 2.27. The number of nitrogens with zero attached hydrogens (tertiary/aromatic N) is 2. The standard InChI is InChI=1S/C24H34N4O3.HI/c1-18-16-28(11-12-31-18)17-21-6-4-5-20(13-21)15-27-24(25)26-10-9-19-7-8-22(29-2)23(14-19)30-3;/h4-8,13-14,18H,9-12,15-17H2,1-3H3,(H3,25,26,27);1H. The quantitative estimate of drug-likeness (QED) is 0.282. The third kappa shape index (κ3) is 8.14. The van der Waals surface area contributed by atoms with Gasteiger partial charge in [0.1, 0.15) is 0 Å². The Labute approximate surface area is 208 Å². The Morgan fingerprint density at radius 3 is 2.66 bits per heavy atom. The van der Waals surface area contributed by atoms with Crippen LogP contribution in [0.2, 0.25) is 0 Å². The zero-order chi connectivity index (χ0) is 22.1. The third-order valence-corrected chi connectivity index (χ3v) is 5.32. The lowest BCUT2D eigenvalue weighted by molar-refractivity contribution is -0.0212. The highest BCUT2D eigenvalue weighted by atomic mass is 127. The number of hydrogen-bond donors (Lipinski definition) is 2. The number of guanidine groups is 1. The van der Waals surface area contributed by atoms with Crippen LogP contribution in [0.25, 0.3) is 0 Å². The molecule has 0 saturated carbocycles. The van der Waals surface area contributed by atoms with Crippen molar-refractivity contribution in [2.75, 3.05) is 40.5 Å². The summed E-state index contributed by atoms with van der Waals surface area (Å²) in [6, 6.07) is 14.5. The van der Waals surface area contributed by atoms with Gasteiger partial charge in [0.15, 0.2) is 17.5 Å². The largest absolute Gasteiger partial charge is 0.493 e. The maximum Gasteiger partial charge on any atom is 0.188 e. The predicted octanol–water partition coefficient (Wildman–Crippen LogP) is 3.19. The number of benzene rings is 2. The number of methoxy groups -OCH3 is 2. The van der Waals surface area contributed by atoms with E-state index in [0.717, 1.165) is 55.3 Å². The summed E-state index contributed by atoms with van der Waals surface area (Å²) in [5, 5.41) is 3.19. The van der Waals surface area contributed by atoms with Crippen LogP contribution in [0.5, 0.6) is 11.5 Å². The minimum absolute atomic E-state index is 0. The molecule has 3 N–H and O–H groups in total. The second-order valence-electron chi connectivity index (χ2n) is 7.80. The van der Waals surface area contributed by atoms with E-state index in [9.17, 15) is 0 Å². The summed E-state index contributed by atoms with van der Waals surface area (Å²) in [4.78, 5) is 6.92. The van der Waals surface area contributed by atoms with Crippen molar-refractivity contribution in [3.8, 4) is 11.5 Å². The van der Waals surface area contributed by atoms with Gasteiger partial charge in [0.05, 0.1) is 33.5 Å². The van der Waals surface area contributed by atoms with E-state index in [-0.39, 0.29) is 24.0 Å². The topological polar surface area (TPSA) is 81.3 Å². The van der Waals surface area contributed by atoms with Crippen molar-refractivity contribution >= 4 is 29.9 Å². The molecule has 0 bridgehead atoms. The van der Waals surface area contributed by atoms with Crippen LogP contribution in [0, 0.1) is 0 Å². The molecular formula is C24H35IN4O3. The molecule has 7 nitrogen and oxygen atoms in total. The number of morpholine rings is 1. The fourth-order valence-electron chi connectivity index (χ4n) is 3.72. The smallest absolute Gasteiger partial charge is 0.188 e. The van der Waals surface area contributed by atoms with Gasteiger partial charge in [-0.15, -0.1) is 24.0 Å². The molecule has 0 spiro atoms. The lowest BCUT2D eigenvalue weighted by atomic mass is 10.1. The number of nitrogens with one attached hydrogen (secondary N) is 1. The SMILES string of the molecule is COc1ccc(CCNC(N)=NCc2cccc(CN3CCOC(C)C3)c2)cc1OC.I. The van der Waals surface area contributed by atoms with Crippen molar-refractivity contribution in [1.29, 1.82) is 0 Å². The van der Waals surface area contributed by atoms with Gasteiger partial charge in [-0.1, -0.05) is 30.3 Å². The van der Waals surface area contributed by atoms with Gasteiger partial charge in [0.25, 0.3) is 0 Å². The van der Waals surface area contributed by atoms with E-state index in [0.29, 0.717) is 25.2 Å². The van der Waals surface area contributed by atoms with Gasteiger partial charge in [0, 0.05) is 26.2 Å². The van der Waals surface area contributed by atoms with Crippen molar-refractivity contribution in [2.24, 2.45) is 10.7 Å². The molecule has 1 heterocycles. The van der Waals surface area contributed by atoms with Gasteiger partial charge in [0.2, 0.25) is 0 Å². The zero-order valence-electron chi connectivity index (χ0n) is 19.2. The first-order valence-electron chi connectivity index (χ1n) is 10.7. The Balaban J connectivity index is 0.00000363. The van der Waals surface area contributed by atoms with Crippen LogP contribution in [0.15, 0.2) is 47.5 Å². The first kappa shape index (κ1) is 26.2. The summed E-state index contributed by atoms with van der Waals surface area (Å²) < 4.78 is 16.3. The molecular weight excluding hydrogens is 519 g/mol. The van der Waals surface area contributed by atoms with E-state index >= 15 is 0 Å². The average molecular weight is 554 g/mol. The van der Waals surface area contributed by atoms with Gasteiger partial charge in [-0.2, -0.15) is 0 Å². The summed E-state index contributed by atoms with van der Waals surface area (Å²) >= 11 is 0. The molecule has 1 aliphatic rings. The normalized spacial score (nSPS) is 16.8. The molecule has 2 aromatic carbocycles. The maximum atomic E-state index is 6.06. The van der Waals surface area contributed by atoms with Crippen LogP contribution in [-0.2, 0) is 24.2 Å². The van der Waals surface area contributed by atoms with Gasteiger partial charge >= 0.3 is 0 Å². The van der Waals surface area contributed by atoms with E-state index in [1.54, 1.807) is 14.2 Å². The van der Waals surface area contributed by atoms with Gasteiger partial charge < -0.3 is 25.3 Å². The molecule has 176 valence electrons. The Kier molecular flexibility index (Phi) is 11.1. The second kappa shape index (κ2) is 13.5. The summed E-state index contributed by atoms with van der Waals surface area (Å²) in [7, 11) is 3.27. The number of rotatable bonds is 9. The van der Waals surface area contributed by atoms with Crippen LogP contribution in [0.1, 0.15) is 23.6 Å². The van der Waals surface area contributed by atoms with Crippen molar-refractivity contribution in [3.63, 3.8) is 0 Å². The van der Waals surface area contributed by atoms with Crippen LogP contribution < -0.4 is 20.5 Å². The lowest BCUT2D eigenvalue weighted by Crippen LogP contribution is -2.40. The van der Waals surface area contributed by atoms with Crippen LogP contribution >= 0.6 is 24.0 Å². The minimum atomic E-state index is 0. The number of ether oxygens (including phenoxy) is 3. The Bertz CT molecular complexity index is 878. The van der Waals surface area contributed by atoms with Crippen molar-refractivity contribution < 1.29 is 14.2 Å². The van der Waals surface area contributed by atoms with E-state index in [2.05, 4.69) is 46.4 Å². The molecule has 3 rings (SSSR count). The number of aliphatic imine (C=N–C) groups is 1. The molecule has 1 aliphatic heterocycles. The van der Waals surface area contributed by atoms with E-state index in [4.69, 9.17) is 19.9 Å². The number of hydrogen-bond acceptors (Lipinski definition) is 5. The molecule has 32 heavy (non-hydrogen) atoms. The van der Waals surface area contributed by atoms with Crippen LogP contribution in [0.3, 0.4) is 0 Å². The maximum absolute atomic E-state index is 6.06. The van der Waals surface area contributed by atoms with Gasteiger partial charge in [-0.25, -0.2) is 4.99 Å². The molecule has 1 saturated heterocycles. The fraction of sp³-hybridized carbons (Fsp3) is 0.458. The Morgan fingerprint density at radius 1 is 1.12 bits per heavy atom. The Hall–Kier alpha value is -2.04. The highest BCUT2D eigenvalue weighted by Gasteiger charge is 2.16. The molecule has 2 aromatic rings. The fourth-order valence-corrected chi connectivity index (χ4v) is 3.72. The summed E-state index contributed by atoms with van der Waals surface area (Å²) in [5.41, 5.74) is 9.65. The van der Waals surface area contributed by atoms with Crippen molar-refractivity contribution in [3.05, 3.63) is 59.2 Å². The molecule has 8 heteroatoms. The second-order valence-corrected chi connectivity index (χ2v) is 7.80. The molecule has 0 aromatic heterocycles. The average Bonchev–Trinajstić information content (AvgIpc) is 2.78. The van der Waals surface area contributed by atoms with Crippen LogP contribution in [-0.4, -0.2) is 57.4 Å². The van der Waals surface area contributed by atoms with E-state index < -0.39 is 0 Å². The number of nitrogens with two attached hydrogens (primary N) is 1. The molecule has 1 unspecified atom stereocenters. The minimum Gasteiger partial charge on any atom is -0.493 e. The van der Waals surface area contributed by atoms with E-state index in [1.807, 2.05) is 18.2 Å². The lowest BCUT2D eigenvalue weighted by Gasteiger charge is -2.31. The molecule has 1 fully saturated rings. The first-order chi connectivity index (χ1) is 15.1. The molecule has 0 amide bonds. The first-order valence-corrected chi connectivity index (χ1v) is 10.7.